The highest BCUT2D eigenvalue weighted by Gasteiger charge is 2.10. The number of hydrogen-bond donors (Lipinski definition) is 0. The molecule has 0 heterocycles. The zero-order chi connectivity index (χ0) is 15.2. The summed E-state index contributed by atoms with van der Waals surface area (Å²) in [7, 11) is 3.17. The Labute approximate surface area is 124 Å². The van der Waals surface area contributed by atoms with Gasteiger partial charge >= 0.3 is 0 Å². The first kappa shape index (κ1) is 15.1. The van der Waals surface area contributed by atoms with Crippen LogP contribution in [-0.2, 0) is 4.74 Å². The van der Waals surface area contributed by atoms with Gasteiger partial charge in [-0.2, -0.15) is 0 Å². The number of methoxy groups -OCH3 is 2. The van der Waals surface area contributed by atoms with E-state index in [0.29, 0.717) is 16.9 Å². The predicted molar refractivity (Wildman–Crippen MR) is 80.0 cm³/mol. The lowest BCUT2D eigenvalue weighted by Gasteiger charge is -2.12. The lowest BCUT2D eigenvalue weighted by atomic mass is 10.0. The monoisotopic (exact) mass is 286 g/mol. The number of ketones is 1. The molecule has 0 aromatic heterocycles. The number of carbonyl (C=O) groups excluding carboxylic acids is 1. The van der Waals surface area contributed by atoms with Gasteiger partial charge in [0, 0.05) is 18.2 Å². The summed E-state index contributed by atoms with van der Waals surface area (Å²) in [5.41, 5.74) is 1.23. The van der Waals surface area contributed by atoms with E-state index >= 15 is 0 Å². The lowest BCUT2D eigenvalue weighted by Crippen LogP contribution is -2.13. The van der Waals surface area contributed by atoms with Crippen molar-refractivity contribution in [3.63, 3.8) is 0 Å². The smallest absolute Gasteiger partial charge is 0.196 e. The van der Waals surface area contributed by atoms with Gasteiger partial charge < -0.3 is 14.2 Å². The highest BCUT2D eigenvalue weighted by atomic mass is 16.7. The van der Waals surface area contributed by atoms with Crippen molar-refractivity contribution in [3.8, 4) is 11.5 Å². The molecule has 1 unspecified atom stereocenters. The normalized spacial score (nSPS) is 11.8. The molecule has 0 N–H and O–H groups in total. The summed E-state index contributed by atoms with van der Waals surface area (Å²) >= 11 is 0. The largest absolute Gasteiger partial charge is 0.497 e. The molecule has 1 atom stereocenters. The maximum absolute atomic E-state index is 12.3. The molecule has 2 aromatic rings. The van der Waals surface area contributed by atoms with Crippen molar-refractivity contribution in [1.29, 1.82) is 0 Å². The first-order valence-corrected chi connectivity index (χ1v) is 6.62. The summed E-state index contributed by atoms with van der Waals surface area (Å²) in [6.07, 6.45) is -0.326. The Balaban J connectivity index is 2.11. The molecule has 0 aliphatic rings. The quantitative estimate of drug-likeness (QED) is 0.604. The Kier molecular flexibility index (Phi) is 4.95. The second-order valence-corrected chi connectivity index (χ2v) is 4.50. The Morgan fingerprint density at radius 1 is 0.857 bits per heavy atom. The second-order valence-electron chi connectivity index (χ2n) is 4.50. The van der Waals surface area contributed by atoms with Crippen LogP contribution < -0.4 is 9.47 Å². The molecule has 21 heavy (non-hydrogen) atoms. The fourth-order valence-electron chi connectivity index (χ4n) is 1.83. The van der Waals surface area contributed by atoms with Crippen molar-refractivity contribution >= 4 is 5.78 Å². The van der Waals surface area contributed by atoms with Crippen LogP contribution >= 0.6 is 0 Å². The van der Waals surface area contributed by atoms with E-state index in [0.717, 1.165) is 5.75 Å². The van der Waals surface area contributed by atoms with E-state index < -0.39 is 0 Å². The molecule has 2 aromatic carbocycles. The van der Waals surface area contributed by atoms with Gasteiger partial charge in [0.15, 0.2) is 12.1 Å². The molecule has 0 spiro atoms. The Morgan fingerprint density at radius 3 is 1.76 bits per heavy atom. The third-order valence-electron chi connectivity index (χ3n) is 3.10. The molecule has 4 nitrogen and oxygen atoms in total. The van der Waals surface area contributed by atoms with Gasteiger partial charge in [-0.05, 0) is 55.5 Å². The molecular weight excluding hydrogens is 268 g/mol. The van der Waals surface area contributed by atoms with E-state index in [9.17, 15) is 4.79 Å². The third kappa shape index (κ3) is 3.83. The zero-order valence-corrected chi connectivity index (χ0v) is 12.3. The predicted octanol–water partition coefficient (Wildman–Crippen LogP) is 3.30. The number of carbonyl (C=O) groups is 1. The molecule has 0 saturated heterocycles. The zero-order valence-electron chi connectivity index (χ0n) is 12.3. The van der Waals surface area contributed by atoms with Gasteiger partial charge in [-0.3, -0.25) is 4.79 Å². The summed E-state index contributed by atoms with van der Waals surface area (Å²) in [5, 5.41) is 0. The first-order valence-electron chi connectivity index (χ1n) is 6.62. The lowest BCUT2D eigenvalue weighted by molar-refractivity contribution is -0.0382. The molecule has 0 amide bonds. The number of rotatable bonds is 6. The Morgan fingerprint density at radius 2 is 1.33 bits per heavy atom. The first-order chi connectivity index (χ1) is 10.1. The summed E-state index contributed by atoms with van der Waals surface area (Å²) in [5.74, 6) is 1.35. The van der Waals surface area contributed by atoms with E-state index in [4.69, 9.17) is 14.2 Å². The fourth-order valence-corrected chi connectivity index (χ4v) is 1.83. The van der Waals surface area contributed by atoms with Crippen LogP contribution in [0.4, 0.5) is 0 Å². The molecule has 0 bridgehead atoms. The standard InChI is InChI=1S/C17H18O4/c1-12(19-2)21-16-10-6-14(7-11-16)17(18)13-4-8-15(20-3)9-5-13/h4-12H,1-3H3. The van der Waals surface area contributed by atoms with Gasteiger partial charge in [0.25, 0.3) is 0 Å². The second kappa shape index (κ2) is 6.90. The molecule has 4 heteroatoms. The minimum absolute atomic E-state index is 0.0380. The van der Waals surface area contributed by atoms with Crippen molar-refractivity contribution in [3.05, 3.63) is 59.7 Å². The molecule has 0 aliphatic carbocycles. The van der Waals surface area contributed by atoms with Crippen LogP contribution in [0.1, 0.15) is 22.8 Å². The number of hydrogen-bond acceptors (Lipinski definition) is 4. The molecular formula is C17H18O4. The van der Waals surface area contributed by atoms with Crippen LogP contribution in [0.2, 0.25) is 0 Å². The summed E-state index contributed by atoms with van der Waals surface area (Å²) in [4.78, 5) is 12.3. The van der Waals surface area contributed by atoms with Crippen LogP contribution in [0, 0.1) is 0 Å². The van der Waals surface area contributed by atoms with Gasteiger partial charge in [0.1, 0.15) is 11.5 Å². The average molecular weight is 286 g/mol. The number of benzene rings is 2. The fraction of sp³-hybridized carbons (Fsp3) is 0.235. The molecule has 110 valence electrons. The van der Waals surface area contributed by atoms with Gasteiger partial charge in [-0.25, -0.2) is 0 Å². The van der Waals surface area contributed by atoms with Crippen molar-refractivity contribution in [2.24, 2.45) is 0 Å². The van der Waals surface area contributed by atoms with E-state index in [1.54, 1.807) is 69.7 Å². The third-order valence-corrected chi connectivity index (χ3v) is 3.10. The Hall–Kier alpha value is -2.33. The van der Waals surface area contributed by atoms with E-state index in [1.165, 1.54) is 0 Å². The highest BCUT2D eigenvalue weighted by Crippen LogP contribution is 2.18. The van der Waals surface area contributed by atoms with Crippen LogP contribution in [0.15, 0.2) is 48.5 Å². The topological polar surface area (TPSA) is 44.8 Å². The van der Waals surface area contributed by atoms with Crippen LogP contribution in [0.5, 0.6) is 11.5 Å². The number of ether oxygens (including phenoxy) is 3. The van der Waals surface area contributed by atoms with Crippen molar-refractivity contribution in [1.82, 2.24) is 0 Å². The van der Waals surface area contributed by atoms with Crippen molar-refractivity contribution in [2.45, 2.75) is 13.2 Å². The summed E-state index contributed by atoms with van der Waals surface area (Å²) in [6, 6.07) is 14.0. The Bertz CT molecular complexity index is 587. The van der Waals surface area contributed by atoms with E-state index in [1.807, 2.05) is 0 Å². The average Bonchev–Trinajstić information content (AvgIpc) is 2.55. The van der Waals surface area contributed by atoms with E-state index in [2.05, 4.69) is 0 Å². The van der Waals surface area contributed by atoms with Gasteiger partial charge in [0.05, 0.1) is 7.11 Å². The maximum atomic E-state index is 12.3. The van der Waals surface area contributed by atoms with Crippen molar-refractivity contribution in [2.75, 3.05) is 14.2 Å². The molecule has 2 rings (SSSR count). The minimum atomic E-state index is -0.326. The van der Waals surface area contributed by atoms with Crippen molar-refractivity contribution < 1.29 is 19.0 Å². The van der Waals surface area contributed by atoms with Gasteiger partial charge in [-0.1, -0.05) is 0 Å². The molecule has 0 aliphatic heterocycles. The molecule has 0 fully saturated rings. The van der Waals surface area contributed by atoms with Crippen LogP contribution in [-0.4, -0.2) is 26.3 Å². The summed E-state index contributed by atoms with van der Waals surface area (Å²) in [6.45, 7) is 1.80. The molecule has 0 radical (unpaired) electrons. The maximum Gasteiger partial charge on any atom is 0.196 e. The molecule has 0 saturated carbocycles. The van der Waals surface area contributed by atoms with Gasteiger partial charge in [-0.15, -0.1) is 0 Å². The minimum Gasteiger partial charge on any atom is -0.497 e. The summed E-state index contributed by atoms with van der Waals surface area (Å²) < 4.78 is 15.6. The SMILES string of the molecule is COc1ccc(C(=O)c2ccc(OC(C)OC)cc2)cc1. The highest BCUT2D eigenvalue weighted by molar-refractivity contribution is 6.09. The van der Waals surface area contributed by atoms with E-state index in [-0.39, 0.29) is 12.1 Å². The van der Waals surface area contributed by atoms with Gasteiger partial charge in [0.2, 0.25) is 0 Å². The van der Waals surface area contributed by atoms with Crippen LogP contribution in [0.3, 0.4) is 0 Å². The van der Waals surface area contributed by atoms with Crippen LogP contribution in [0.25, 0.3) is 0 Å².